The van der Waals surface area contributed by atoms with Gasteiger partial charge in [-0.2, -0.15) is 5.10 Å². The third kappa shape index (κ3) is 1.87. The van der Waals surface area contributed by atoms with Crippen molar-refractivity contribution < 1.29 is 9.84 Å². The zero-order valence-electron chi connectivity index (χ0n) is 7.31. The Hall–Kier alpha value is -0.940. The predicted octanol–water partition coefficient (Wildman–Crippen LogP) is 0.265. The molecule has 1 saturated heterocycles. The maximum absolute atomic E-state index is 9.82. The van der Waals surface area contributed by atoms with Gasteiger partial charge in [0.05, 0.1) is 6.61 Å². The summed E-state index contributed by atoms with van der Waals surface area (Å²) in [5, 5.41) is 16.2. The van der Waals surface area contributed by atoms with Gasteiger partial charge in [0, 0.05) is 12.5 Å². The van der Waals surface area contributed by atoms with E-state index in [0.29, 0.717) is 12.4 Å². The number of hydrogen-bond donors (Lipinski definition) is 2. The Bertz CT molecular complexity index is 244. The predicted molar refractivity (Wildman–Crippen MR) is 44.9 cm³/mol. The van der Waals surface area contributed by atoms with Crippen molar-refractivity contribution in [2.75, 3.05) is 13.2 Å². The summed E-state index contributed by atoms with van der Waals surface area (Å²) in [6.45, 7) is 1.42. The van der Waals surface area contributed by atoms with E-state index in [1.807, 2.05) is 0 Å². The van der Waals surface area contributed by atoms with Crippen LogP contribution in [0.3, 0.4) is 0 Å². The molecule has 1 aliphatic rings. The van der Waals surface area contributed by atoms with E-state index < -0.39 is 6.10 Å². The minimum atomic E-state index is -0.567. The van der Waals surface area contributed by atoms with Crippen molar-refractivity contribution in [3.63, 3.8) is 0 Å². The molecule has 2 unspecified atom stereocenters. The first-order chi connectivity index (χ1) is 6.38. The fraction of sp³-hybridized carbons (Fsp3) is 0.750. The summed E-state index contributed by atoms with van der Waals surface area (Å²) < 4.78 is 5.28. The monoisotopic (exact) mass is 183 g/mol. The molecule has 0 bridgehead atoms. The van der Waals surface area contributed by atoms with Gasteiger partial charge in [0.2, 0.25) is 0 Å². The quantitative estimate of drug-likeness (QED) is 0.690. The van der Waals surface area contributed by atoms with Crippen LogP contribution in [0.4, 0.5) is 0 Å². The Balaban J connectivity index is 1.99. The molecule has 72 valence electrons. The van der Waals surface area contributed by atoms with E-state index in [4.69, 9.17) is 4.74 Å². The third-order valence-corrected chi connectivity index (χ3v) is 2.36. The molecular weight excluding hydrogens is 170 g/mol. The fourth-order valence-electron chi connectivity index (χ4n) is 1.60. The Kier molecular flexibility index (Phi) is 2.56. The molecule has 1 aromatic heterocycles. The minimum absolute atomic E-state index is 0.154. The number of rotatable bonds is 2. The lowest BCUT2D eigenvalue weighted by Gasteiger charge is -2.25. The molecule has 5 heteroatoms. The number of aliphatic hydroxyl groups is 1. The van der Waals surface area contributed by atoms with E-state index in [2.05, 4.69) is 15.2 Å². The zero-order valence-corrected chi connectivity index (χ0v) is 7.31. The number of ether oxygens (including phenoxy) is 1. The molecule has 2 atom stereocenters. The molecule has 0 saturated carbocycles. The number of aliphatic hydroxyl groups excluding tert-OH is 1. The lowest BCUT2D eigenvalue weighted by molar-refractivity contribution is -0.0131. The molecule has 2 rings (SSSR count). The average molecular weight is 183 g/mol. The van der Waals surface area contributed by atoms with Gasteiger partial charge in [-0.05, 0) is 12.8 Å². The third-order valence-electron chi connectivity index (χ3n) is 2.36. The Labute approximate surface area is 76.1 Å². The highest BCUT2D eigenvalue weighted by molar-refractivity contribution is 4.90. The number of nitrogens with zero attached hydrogens (tertiary/aromatic N) is 2. The van der Waals surface area contributed by atoms with Crippen molar-refractivity contribution in [3.8, 4) is 0 Å². The van der Waals surface area contributed by atoms with Gasteiger partial charge in [0.25, 0.3) is 0 Å². The molecule has 0 aliphatic carbocycles. The first kappa shape index (κ1) is 8.65. The number of aromatic nitrogens is 3. The van der Waals surface area contributed by atoms with Crippen molar-refractivity contribution in [1.82, 2.24) is 15.2 Å². The highest BCUT2D eigenvalue weighted by Gasteiger charge is 2.25. The van der Waals surface area contributed by atoms with Crippen LogP contribution in [0, 0.1) is 5.92 Å². The summed E-state index contributed by atoms with van der Waals surface area (Å²) in [7, 11) is 0. The second-order valence-electron chi connectivity index (χ2n) is 3.29. The van der Waals surface area contributed by atoms with Crippen LogP contribution in [0.25, 0.3) is 0 Å². The van der Waals surface area contributed by atoms with Gasteiger partial charge in [0.15, 0.2) is 5.82 Å². The van der Waals surface area contributed by atoms with Crippen LogP contribution in [0.5, 0.6) is 0 Å². The first-order valence-electron chi connectivity index (χ1n) is 4.49. The summed E-state index contributed by atoms with van der Waals surface area (Å²) in [4.78, 5) is 3.92. The SMILES string of the molecule is OC(c1ncn[nH]1)C1CCCOC1. The number of hydrogen-bond acceptors (Lipinski definition) is 4. The largest absolute Gasteiger partial charge is 0.385 e. The van der Waals surface area contributed by atoms with Crippen LogP contribution in [-0.4, -0.2) is 33.5 Å². The van der Waals surface area contributed by atoms with Crippen LogP contribution in [0.15, 0.2) is 6.33 Å². The van der Waals surface area contributed by atoms with Gasteiger partial charge in [0.1, 0.15) is 12.4 Å². The normalized spacial score (nSPS) is 25.8. The van der Waals surface area contributed by atoms with E-state index in [0.717, 1.165) is 19.4 Å². The summed E-state index contributed by atoms with van der Waals surface area (Å²) in [6.07, 6.45) is 2.84. The van der Waals surface area contributed by atoms with Crippen LogP contribution >= 0.6 is 0 Å². The van der Waals surface area contributed by atoms with Crippen LogP contribution in [0.1, 0.15) is 24.8 Å². The molecular formula is C8H13N3O2. The van der Waals surface area contributed by atoms with E-state index in [-0.39, 0.29) is 5.92 Å². The van der Waals surface area contributed by atoms with Gasteiger partial charge in [-0.1, -0.05) is 0 Å². The van der Waals surface area contributed by atoms with Gasteiger partial charge in [-0.15, -0.1) is 0 Å². The number of nitrogens with one attached hydrogen (secondary N) is 1. The van der Waals surface area contributed by atoms with Crippen LogP contribution in [-0.2, 0) is 4.74 Å². The number of H-pyrrole nitrogens is 1. The first-order valence-corrected chi connectivity index (χ1v) is 4.49. The van der Waals surface area contributed by atoms with Crippen molar-refractivity contribution in [2.24, 2.45) is 5.92 Å². The standard InChI is InChI=1S/C8H13N3O2/c12-7(8-9-5-10-11-8)6-2-1-3-13-4-6/h5-7,12H,1-4H2,(H,9,10,11). The lowest BCUT2D eigenvalue weighted by atomic mass is 9.96. The highest BCUT2D eigenvalue weighted by atomic mass is 16.5. The zero-order chi connectivity index (χ0) is 9.10. The molecule has 5 nitrogen and oxygen atoms in total. The van der Waals surface area contributed by atoms with E-state index in [1.54, 1.807) is 0 Å². The summed E-state index contributed by atoms with van der Waals surface area (Å²) in [5.74, 6) is 0.692. The Morgan fingerprint density at radius 1 is 1.69 bits per heavy atom. The topological polar surface area (TPSA) is 71.0 Å². The summed E-state index contributed by atoms with van der Waals surface area (Å²) in [5.41, 5.74) is 0. The van der Waals surface area contributed by atoms with Crippen molar-refractivity contribution in [1.29, 1.82) is 0 Å². The molecule has 2 heterocycles. The molecule has 13 heavy (non-hydrogen) atoms. The van der Waals surface area contributed by atoms with E-state index in [9.17, 15) is 5.11 Å². The molecule has 0 spiro atoms. The molecule has 0 aromatic carbocycles. The van der Waals surface area contributed by atoms with Crippen molar-refractivity contribution >= 4 is 0 Å². The maximum atomic E-state index is 9.82. The summed E-state index contributed by atoms with van der Waals surface area (Å²) >= 11 is 0. The molecule has 1 aromatic rings. The lowest BCUT2D eigenvalue weighted by Crippen LogP contribution is -2.24. The Morgan fingerprint density at radius 3 is 3.23 bits per heavy atom. The van der Waals surface area contributed by atoms with Gasteiger partial charge >= 0.3 is 0 Å². The molecule has 0 amide bonds. The van der Waals surface area contributed by atoms with E-state index >= 15 is 0 Å². The smallest absolute Gasteiger partial charge is 0.153 e. The maximum Gasteiger partial charge on any atom is 0.153 e. The average Bonchev–Trinajstić information content (AvgIpc) is 2.71. The van der Waals surface area contributed by atoms with Crippen LogP contribution < -0.4 is 0 Å². The van der Waals surface area contributed by atoms with Crippen LogP contribution in [0.2, 0.25) is 0 Å². The van der Waals surface area contributed by atoms with E-state index in [1.165, 1.54) is 6.33 Å². The highest BCUT2D eigenvalue weighted by Crippen LogP contribution is 2.25. The number of aromatic amines is 1. The summed E-state index contributed by atoms with van der Waals surface area (Å²) in [6, 6.07) is 0. The van der Waals surface area contributed by atoms with Crippen molar-refractivity contribution in [2.45, 2.75) is 18.9 Å². The Morgan fingerprint density at radius 2 is 2.62 bits per heavy atom. The second kappa shape index (κ2) is 3.85. The molecule has 1 aliphatic heterocycles. The molecule has 1 fully saturated rings. The minimum Gasteiger partial charge on any atom is -0.385 e. The molecule has 2 N–H and O–H groups in total. The van der Waals surface area contributed by atoms with Crippen molar-refractivity contribution in [3.05, 3.63) is 12.2 Å². The van der Waals surface area contributed by atoms with Gasteiger partial charge < -0.3 is 9.84 Å². The van der Waals surface area contributed by atoms with Gasteiger partial charge in [-0.25, -0.2) is 4.98 Å². The van der Waals surface area contributed by atoms with Gasteiger partial charge in [-0.3, -0.25) is 5.10 Å². The molecule has 0 radical (unpaired) electrons. The second-order valence-corrected chi connectivity index (χ2v) is 3.29. The fourth-order valence-corrected chi connectivity index (χ4v) is 1.60.